The molecule has 0 atom stereocenters. The van der Waals surface area contributed by atoms with E-state index in [4.69, 9.17) is 0 Å². The Morgan fingerprint density at radius 3 is 2.06 bits per heavy atom. The summed E-state index contributed by atoms with van der Waals surface area (Å²) in [5.74, 6) is 0.558. The van der Waals surface area contributed by atoms with Crippen LogP contribution >= 0.6 is 0 Å². The molecule has 2 nitrogen and oxygen atoms in total. The monoisotopic (exact) mass is 220 g/mol. The van der Waals surface area contributed by atoms with Gasteiger partial charge in [-0.25, -0.2) is 0 Å². The Labute approximate surface area is 97.3 Å². The molecule has 0 saturated carbocycles. The number of phenolic OH excluding ortho intramolecular Hbond substituents is 1. The van der Waals surface area contributed by atoms with Gasteiger partial charge < -0.3 is 5.11 Å². The topological polar surface area (TPSA) is 37.3 Å². The highest BCUT2D eigenvalue weighted by Crippen LogP contribution is 2.20. The second-order valence-corrected chi connectivity index (χ2v) is 4.19. The van der Waals surface area contributed by atoms with Crippen LogP contribution in [0.15, 0.2) is 24.3 Å². The van der Waals surface area contributed by atoms with Crippen molar-refractivity contribution in [1.82, 2.24) is 0 Å². The minimum Gasteiger partial charge on any atom is -0.508 e. The number of phenols is 1. The number of ketones is 1. The van der Waals surface area contributed by atoms with E-state index in [1.165, 1.54) is 0 Å². The fourth-order valence-electron chi connectivity index (χ4n) is 1.96. The zero-order chi connectivity index (χ0) is 12.0. The molecule has 1 aromatic rings. The van der Waals surface area contributed by atoms with Crippen LogP contribution in [0.5, 0.6) is 5.75 Å². The van der Waals surface area contributed by atoms with E-state index in [2.05, 4.69) is 13.8 Å². The Bertz CT molecular complexity index is 321. The van der Waals surface area contributed by atoms with Crippen LogP contribution < -0.4 is 0 Å². The third kappa shape index (κ3) is 3.37. The number of hydrogen-bond acceptors (Lipinski definition) is 2. The zero-order valence-corrected chi connectivity index (χ0v) is 10.1. The van der Waals surface area contributed by atoms with Crippen molar-refractivity contribution in [3.05, 3.63) is 29.8 Å². The molecule has 0 aliphatic rings. The van der Waals surface area contributed by atoms with Crippen molar-refractivity contribution in [2.75, 3.05) is 0 Å². The molecule has 0 spiro atoms. The van der Waals surface area contributed by atoms with Crippen molar-refractivity contribution in [2.45, 2.75) is 39.5 Å². The quantitative estimate of drug-likeness (QED) is 0.740. The van der Waals surface area contributed by atoms with Crippen LogP contribution in [0, 0.1) is 5.92 Å². The van der Waals surface area contributed by atoms with Crippen molar-refractivity contribution in [1.29, 1.82) is 0 Å². The molecule has 0 aromatic heterocycles. The SMILES string of the molecule is CCCC(CCC)C(=O)c1ccc(O)cc1. The summed E-state index contributed by atoms with van der Waals surface area (Å²) >= 11 is 0. The molecule has 0 saturated heterocycles. The van der Waals surface area contributed by atoms with Gasteiger partial charge in [0.2, 0.25) is 0 Å². The number of Topliss-reactive ketones (excluding diaryl/α,β-unsaturated/α-hetero) is 1. The second-order valence-electron chi connectivity index (χ2n) is 4.19. The standard InChI is InChI=1S/C14H20O2/c1-3-5-11(6-4-2)14(16)12-7-9-13(15)10-8-12/h7-11,15H,3-6H2,1-2H3. The fraction of sp³-hybridized carbons (Fsp3) is 0.500. The molecule has 0 fully saturated rings. The van der Waals surface area contributed by atoms with E-state index in [9.17, 15) is 9.90 Å². The third-order valence-corrected chi connectivity index (χ3v) is 2.80. The summed E-state index contributed by atoms with van der Waals surface area (Å²) in [4.78, 5) is 12.2. The van der Waals surface area contributed by atoms with Gasteiger partial charge in [-0.15, -0.1) is 0 Å². The Morgan fingerprint density at radius 1 is 1.12 bits per heavy atom. The molecular weight excluding hydrogens is 200 g/mol. The normalized spacial score (nSPS) is 10.7. The van der Waals surface area contributed by atoms with Crippen molar-refractivity contribution >= 4 is 5.78 Å². The van der Waals surface area contributed by atoms with Gasteiger partial charge in [0.15, 0.2) is 5.78 Å². The first-order valence-electron chi connectivity index (χ1n) is 6.02. The fourth-order valence-corrected chi connectivity index (χ4v) is 1.96. The number of carbonyl (C=O) groups excluding carboxylic acids is 1. The molecule has 0 radical (unpaired) electrons. The van der Waals surface area contributed by atoms with E-state index >= 15 is 0 Å². The van der Waals surface area contributed by atoms with E-state index in [0.29, 0.717) is 5.56 Å². The van der Waals surface area contributed by atoms with E-state index in [0.717, 1.165) is 25.7 Å². The average molecular weight is 220 g/mol. The van der Waals surface area contributed by atoms with Crippen LogP contribution in [0.25, 0.3) is 0 Å². The largest absolute Gasteiger partial charge is 0.508 e. The lowest BCUT2D eigenvalue weighted by atomic mass is 9.90. The van der Waals surface area contributed by atoms with Gasteiger partial charge in [0.1, 0.15) is 5.75 Å². The van der Waals surface area contributed by atoms with Crippen molar-refractivity contribution < 1.29 is 9.90 Å². The highest BCUT2D eigenvalue weighted by atomic mass is 16.3. The van der Waals surface area contributed by atoms with Crippen LogP contribution in [-0.4, -0.2) is 10.9 Å². The minimum atomic E-state index is 0.138. The molecule has 0 aliphatic heterocycles. The molecule has 0 heterocycles. The molecule has 2 heteroatoms. The maximum atomic E-state index is 12.2. The summed E-state index contributed by atoms with van der Waals surface area (Å²) in [6.07, 6.45) is 3.98. The molecule has 88 valence electrons. The van der Waals surface area contributed by atoms with E-state index < -0.39 is 0 Å². The van der Waals surface area contributed by atoms with Crippen molar-refractivity contribution in [3.63, 3.8) is 0 Å². The van der Waals surface area contributed by atoms with Crippen LogP contribution in [-0.2, 0) is 0 Å². The first-order chi connectivity index (χ1) is 7.69. The lowest BCUT2D eigenvalue weighted by Crippen LogP contribution is -2.14. The van der Waals surface area contributed by atoms with E-state index in [-0.39, 0.29) is 17.5 Å². The lowest BCUT2D eigenvalue weighted by molar-refractivity contribution is 0.0905. The smallest absolute Gasteiger partial charge is 0.165 e. The van der Waals surface area contributed by atoms with Crippen molar-refractivity contribution in [2.24, 2.45) is 5.92 Å². The Kier molecular flexibility index (Phi) is 5.03. The lowest BCUT2D eigenvalue weighted by Gasteiger charge is -2.13. The van der Waals surface area contributed by atoms with Gasteiger partial charge >= 0.3 is 0 Å². The van der Waals surface area contributed by atoms with Crippen LogP contribution in [0.3, 0.4) is 0 Å². The molecule has 0 aliphatic carbocycles. The summed E-state index contributed by atoms with van der Waals surface area (Å²) in [7, 11) is 0. The number of carbonyl (C=O) groups is 1. The number of aromatic hydroxyl groups is 1. The molecule has 1 rings (SSSR count). The van der Waals surface area contributed by atoms with Gasteiger partial charge in [-0.05, 0) is 37.1 Å². The highest BCUT2D eigenvalue weighted by molar-refractivity contribution is 5.97. The van der Waals surface area contributed by atoms with Crippen LogP contribution in [0.2, 0.25) is 0 Å². The predicted molar refractivity (Wildman–Crippen MR) is 65.7 cm³/mol. The first-order valence-corrected chi connectivity index (χ1v) is 6.02. The number of benzene rings is 1. The zero-order valence-electron chi connectivity index (χ0n) is 10.1. The number of rotatable bonds is 6. The van der Waals surface area contributed by atoms with Gasteiger partial charge in [0.05, 0.1) is 0 Å². The Morgan fingerprint density at radius 2 is 1.62 bits per heavy atom. The number of hydrogen-bond donors (Lipinski definition) is 1. The molecule has 16 heavy (non-hydrogen) atoms. The summed E-state index contributed by atoms with van der Waals surface area (Å²) in [6, 6.07) is 6.55. The summed E-state index contributed by atoms with van der Waals surface area (Å²) in [6.45, 7) is 4.21. The Balaban J connectivity index is 2.77. The maximum Gasteiger partial charge on any atom is 0.165 e. The molecule has 1 aromatic carbocycles. The van der Waals surface area contributed by atoms with Crippen molar-refractivity contribution in [3.8, 4) is 5.75 Å². The third-order valence-electron chi connectivity index (χ3n) is 2.80. The van der Waals surface area contributed by atoms with Gasteiger partial charge in [0, 0.05) is 11.5 Å². The van der Waals surface area contributed by atoms with Crippen LogP contribution in [0.4, 0.5) is 0 Å². The summed E-state index contributed by atoms with van der Waals surface area (Å²) < 4.78 is 0. The molecule has 1 N–H and O–H groups in total. The molecule has 0 amide bonds. The van der Waals surface area contributed by atoms with Gasteiger partial charge in [0.25, 0.3) is 0 Å². The van der Waals surface area contributed by atoms with E-state index in [1.807, 2.05) is 0 Å². The average Bonchev–Trinajstić information content (AvgIpc) is 2.29. The molecule has 0 bridgehead atoms. The van der Waals surface area contributed by atoms with Crippen LogP contribution in [0.1, 0.15) is 49.9 Å². The second kappa shape index (κ2) is 6.31. The minimum absolute atomic E-state index is 0.138. The van der Waals surface area contributed by atoms with Gasteiger partial charge in [-0.1, -0.05) is 26.7 Å². The summed E-state index contributed by atoms with van der Waals surface area (Å²) in [5.41, 5.74) is 0.713. The predicted octanol–water partition coefficient (Wildman–Crippen LogP) is 3.79. The maximum absolute atomic E-state index is 12.2. The Hall–Kier alpha value is -1.31. The highest BCUT2D eigenvalue weighted by Gasteiger charge is 2.17. The van der Waals surface area contributed by atoms with Gasteiger partial charge in [-0.2, -0.15) is 0 Å². The molecule has 0 unspecified atom stereocenters. The molecular formula is C14H20O2. The first kappa shape index (κ1) is 12.8. The van der Waals surface area contributed by atoms with Gasteiger partial charge in [-0.3, -0.25) is 4.79 Å². The summed E-state index contributed by atoms with van der Waals surface area (Å²) in [5, 5.41) is 9.17. The van der Waals surface area contributed by atoms with E-state index in [1.54, 1.807) is 24.3 Å².